The smallest absolute Gasteiger partial charge is 0.416 e. The van der Waals surface area contributed by atoms with Gasteiger partial charge < -0.3 is 14.4 Å². The third-order valence-corrected chi connectivity index (χ3v) is 3.16. The van der Waals surface area contributed by atoms with Gasteiger partial charge in [-0.15, -0.1) is 0 Å². The van der Waals surface area contributed by atoms with E-state index in [0.29, 0.717) is 19.7 Å². The minimum Gasteiger partial charge on any atom is -0.469 e. The molecular weight excluding hydrogens is 289 g/mol. The van der Waals surface area contributed by atoms with Gasteiger partial charge in [-0.3, -0.25) is 4.79 Å². The predicted molar refractivity (Wildman–Crippen MR) is 67.8 cm³/mol. The molecule has 0 N–H and O–H groups in total. The van der Waals surface area contributed by atoms with Gasteiger partial charge in [0.1, 0.15) is 5.82 Å². The van der Waals surface area contributed by atoms with Crippen LogP contribution in [0.25, 0.3) is 0 Å². The number of hydrogen-bond acceptors (Lipinski definition) is 5. The summed E-state index contributed by atoms with van der Waals surface area (Å²) in [6, 6.07) is 1.93. The lowest BCUT2D eigenvalue weighted by atomic mass is 10.2. The highest BCUT2D eigenvalue weighted by Crippen LogP contribution is 2.31. The first-order valence-electron chi connectivity index (χ1n) is 6.37. The largest absolute Gasteiger partial charge is 0.469 e. The summed E-state index contributed by atoms with van der Waals surface area (Å²) in [6.45, 7) is 1.04. The first-order valence-corrected chi connectivity index (χ1v) is 6.37. The molecule has 5 nitrogen and oxygen atoms in total. The second-order valence-corrected chi connectivity index (χ2v) is 4.62. The van der Waals surface area contributed by atoms with Crippen molar-refractivity contribution in [2.75, 3.05) is 31.7 Å². The van der Waals surface area contributed by atoms with Crippen LogP contribution in [0.3, 0.4) is 0 Å². The molecule has 2 heterocycles. The second-order valence-electron chi connectivity index (χ2n) is 4.62. The number of aromatic nitrogens is 1. The summed E-state index contributed by atoms with van der Waals surface area (Å²) in [4.78, 5) is 16.9. The maximum Gasteiger partial charge on any atom is 0.416 e. The Morgan fingerprint density at radius 2 is 2.33 bits per heavy atom. The SMILES string of the molecule is COC(=O)CC1CN(c2cc(C(F)(F)F)ccn2)CCO1. The number of hydrogen-bond donors (Lipinski definition) is 0. The number of rotatable bonds is 3. The number of carbonyl (C=O) groups excluding carboxylic acids is 1. The molecule has 0 saturated carbocycles. The van der Waals surface area contributed by atoms with Crippen molar-refractivity contribution in [1.82, 2.24) is 4.98 Å². The number of anilines is 1. The van der Waals surface area contributed by atoms with Crippen molar-refractivity contribution >= 4 is 11.8 Å². The monoisotopic (exact) mass is 304 g/mol. The normalized spacial score (nSPS) is 19.4. The second kappa shape index (κ2) is 6.30. The molecular formula is C13H15F3N2O3. The molecule has 1 atom stereocenters. The van der Waals surface area contributed by atoms with Crippen LogP contribution in [-0.4, -0.2) is 43.9 Å². The lowest BCUT2D eigenvalue weighted by Gasteiger charge is -2.33. The van der Waals surface area contributed by atoms with Crippen LogP contribution in [0.1, 0.15) is 12.0 Å². The zero-order chi connectivity index (χ0) is 15.5. The van der Waals surface area contributed by atoms with E-state index in [9.17, 15) is 18.0 Å². The van der Waals surface area contributed by atoms with Crippen LogP contribution >= 0.6 is 0 Å². The molecule has 0 aliphatic carbocycles. The van der Waals surface area contributed by atoms with Crippen LogP contribution in [0.4, 0.5) is 19.0 Å². The Kier molecular flexibility index (Phi) is 4.66. The lowest BCUT2D eigenvalue weighted by Crippen LogP contribution is -2.43. The summed E-state index contributed by atoms with van der Waals surface area (Å²) < 4.78 is 48.1. The van der Waals surface area contributed by atoms with Crippen molar-refractivity contribution in [2.24, 2.45) is 0 Å². The van der Waals surface area contributed by atoms with E-state index < -0.39 is 23.8 Å². The van der Waals surface area contributed by atoms with E-state index in [-0.39, 0.29) is 12.2 Å². The van der Waals surface area contributed by atoms with Gasteiger partial charge in [0, 0.05) is 19.3 Å². The fourth-order valence-electron chi connectivity index (χ4n) is 2.09. The Bertz CT molecular complexity index is 508. The van der Waals surface area contributed by atoms with E-state index in [2.05, 4.69) is 9.72 Å². The van der Waals surface area contributed by atoms with Crippen LogP contribution in [0.2, 0.25) is 0 Å². The molecule has 21 heavy (non-hydrogen) atoms. The van der Waals surface area contributed by atoms with Gasteiger partial charge in [0.05, 0.1) is 31.8 Å². The number of halogens is 3. The first kappa shape index (κ1) is 15.6. The molecule has 116 valence electrons. The van der Waals surface area contributed by atoms with Crippen molar-refractivity contribution in [2.45, 2.75) is 18.7 Å². The van der Waals surface area contributed by atoms with Crippen LogP contribution in [-0.2, 0) is 20.4 Å². The van der Waals surface area contributed by atoms with Gasteiger partial charge in [-0.25, -0.2) is 4.98 Å². The number of morpholine rings is 1. The zero-order valence-corrected chi connectivity index (χ0v) is 11.4. The van der Waals surface area contributed by atoms with Gasteiger partial charge in [0.2, 0.25) is 0 Å². The summed E-state index contributed by atoms with van der Waals surface area (Å²) in [7, 11) is 1.28. The molecule has 0 radical (unpaired) electrons. The number of pyridine rings is 1. The average Bonchev–Trinajstić information content (AvgIpc) is 2.46. The molecule has 0 spiro atoms. The number of nitrogens with zero attached hydrogens (tertiary/aromatic N) is 2. The number of esters is 1. The zero-order valence-electron chi connectivity index (χ0n) is 11.4. The van der Waals surface area contributed by atoms with Gasteiger partial charge >= 0.3 is 12.1 Å². The third-order valence-electron chi connectivity index (χ3n) is 3.16. The minimum absolute atomic E-state index is 0.0615. The Balaban J connectivity index is 2.09. The van der Waals surface area contributed by atoms with Crippen molar-refractivity contribution in [3.63, 3.8) is 0 Å². The summed E-state index contributed by atoms with van der Waals surface area (Å²) in [5, 5.41) is 0. The van der Waals surface area contributed by atoms with E-state index in [1.165, 1.54) is 7.11 Å². The Morgan fingerprint density at radius 1 is 1.57 bits per heavy atom. The number of carbonyl (C=O) groups is 1. The van der Waals surface area contributed by atoms with E-state index >= 15 is 0 Å². The average molecular weight is 304 g/mol. The lowest BCUT2D eigenvalue weighted by molar-refractivity contribution is -0.144. The molecule has 1 aliphatic rings. The van der Waals surface area contributed by atoms with Crippen LogP contribution in [0.5, 0.6) is 0 Å². The maximum absolute atomic E-state index is 12.7. The van der Waals surface area contributed by atoms with Crippen molar-refractivity contribution in [3.8, 4) is 0 Å². The number of ether oxygens (including phenoxy) is 2. The molecule has 1 fully saturated rings. The summed E-state index contributed by atoms with van der Waals surface area (Å²) in [6.07, 6.45) is -3.63. The molecule has 1 saturated heterocycles. The first-order chi connectivity index (χ1) is 9.90. The van der Waals surface area contributed by atoms with E-state index in [0.717, 1.165) is 18.3 Å². The highest BCUT2D eigenvalue weighted by Gasteiger charge is 2.32. The van der Waals surface area contributed by atoms with E-state index in [4.69, 9.17) is 4.74 Å². The van der Waals surface area contributed by atoms with Crippen LogP contribution in [0.15, 0.2) is 18.3 Å². The van der Waals surface area contributed by atoms with Crippen LogP contribution < -0.4 is 4.90 Å². The predicted octanol–water partition coefficient (Wildman–Crippen LogP) is 1.87. The third kappa shape index (κ3) is 4.07. The standard InChI is InChI=1S/C13H15F3N2O3/c1-20-12(19)7-10-8-18(4-5-21-10)11-6-9(2-3-17-11)13(14,15)16/h2-3,6,10H,4-5,7-8H2,1H3. The molecule has 1 aliphatic heterocycles. The summed E-state index contributed by atoms with van der Waals surface area (Å²) in [5.41, 5.74) is -0.747. The van der Waals surface area contributed by atoms with Crippen LogP contribution in [0, 0.1) is 0 Å². The molecule has 1 unspecified atom stereocenters. The van der Waals surface area contributed by atoms with Gasteiger partial charge in [-0.1, -0.05) is 0 Å². The molecule has 0 aromatic carbocycles. The van der Waals surface area contributed by atoms with Crippen molar-refractivity contribution in [1.29, 1.82) is 0 Å². The topological polar surface area (TPSA) is 51.7 Å². The summed E-state index contributed by atoms with van der Waals surface area (Å²) >= 11 is 0. The fraction of sp³-hybridized carbons (Fsp3) is 0.538. The summed E-state index contributed by atoms with van der Waals surface area (Å²) in [5.74, 6) is -0.193. The van der Waals surface area contributed by atoms with Gasteiger partial charge in [0.15, 0.2) is 0 Å². The molecule has 0 amide bonds. The Morgan fingerprint density at radius 3 is 3.00 bits per heavy atom. The number of methoxy groups -OCH3 is 1. The molecule has 1 aromatic rings. The highest BCUT2D eigenvalue weighted by molar-refractivity contribution is 5.69. The van der Waals surface area contributed by atoms with Crippen molar-refractivity contribution in [3.05, 3.63) is 23.9 Å². The molecule has 8 heteroatoms. The quantitative estimate of drug-likeness (QED) is 0.798. The van der Waals surface area contributed by atoms with Gasteiger partial charge in [-0.05, 0) is 12.1 Å². The fourth-order valence-corrected chi connectivity index (χ4v) is 2.09. The van der Waals surface area contributed by atoms with Gasteiger partial charge in [0.25, 0.3) is 0 Å². The maximum atomic E-state index is 12.7. The van der Waals surface area contributed by atoms with E-state index in [1.54, 1.807) is 4.90 Å². The van der Waals surface area contributed by atoms with Crippen molar-refractivity contribution < 1.29 is 27.4 Å². The number of alkyl halides is 3. The van der Waals surface area contributed by atoms with E-state index in [1.807, 2.05) is 0 Å². The Hall–Kier alpha value is -1.83. The molecule has 0 bridgehead atoms. The molecule has 1 aromatic heterocycles. The van der Waals surface area contributed by atoms with Gasteiger partial charge in [-0.2, -0.15) is 13.2 Å². The minimum atomic E-state index is -4.41. The highest BCUT2D eigenvalue weighted by atomic mass is 19.4. The Labute approximate surface area is 119 Å². The molecule has 2 rings (SSSR count).